The zero-order valence-corrected chi connectivity index (χ0v) is 18.3. The van der Waals surface area contributed by atoms with Crippen molar-refractivity contribution < 1.29 is 9.18 Å². The molecular formula is C24H22FN5OS. The maximum atomic E-state index is 13.8. The third-order valence-corrected chi connectivity index (χ3v) is 5.17. The fraction of sp³-hybridized carbons (Fsp3) is 0.167. The predicted octanol–water partition coefficient (Wildman–Crippen LogP) is 5.03. The number of hydrogen-bond donors (Lipinski definition) is 2. The van der Waals surface area contributed by atoms with E-state index in [1.807, 2.05) is 18.2 Å². The molecule has 0 aliphatic carbocycles. The van der Waals surface area contributed by atoms with Crippen LogP contribution in [0.15, 0.2) is 66.7 Å². The van der Waals surface area contributed by atoms with Gasteiger partial charge in [-0.1, -0.05) is 37.6 Å². The number of rotatable bonds is 6. The van der Waals surface area contributed by atoms with Gasteiger partial charge in [0.15, 0.2) is 5.11 Å². The van der Waals surface area contributed by atoms with Crippen LogP contribution < -0.4 is 10.6 Å². The van der Waals surface area contributed by atoms with E-state index in [4.69, 9.17) is 12.2 Å². The highest BCUT2D eigenvalue weighted by Gasteiger charge is 2.13. The minimum absolute atomic E-state index is 0.0627. The standard InChI is InChI=1S/C24H22FN5OS/c1-2-3-6-16-9-12-18(13-10-16)30-28-21-14-11-17(15-22(21)29-30)26-24(32)27-23(31)19-7-4-5-8-20(19)25/h4-5,7-15H,2-3,6H2,1H3,(H2,26,27,31,32). The maximum absolute atomic E-state index is 13.8. The Morgan fingerprint density at radius 3 is 2.53 bits per heavy atom. The van der Waals surface area contributed by atoms with Crippen LogP contribution in [0.4, 0.5) is 10.1 Å². The van der Waals surface area contributed by atoms with Crippen LogP contribution in [0.5, 0.6) is 0 Å². The Labute approximate surface area is 190 Å². The van der Waals surface area contributed by atoms with Gasteiger partial charge in [0.05, 0.1) is 11.3 Å². The Morgan fingerprint density at radius 1 is 1.03 bits per heavy atom. The van der Waals surface area contributed by atoms with Crippen molar-refractivity contribution in [3.63, 3.8) is 0 Å². The van der Waals surface area contributed by atoms with E-state index in [0.29, 0.717) is 11.2 Å². The fourth-order valence-electron chi connectivity index (χ4n) is 3.26. The van der Waals surface area contributed by atoms with Gasteiger partial charge in [-0.05, 0) is 73.1 Å². The lowest BCUT2D eigenvalue weighted by Gasteiger charge is -2.09. The van der Waals surface area contributed by atoms with Crippen molar-refractivity contribution in [2.24, 2.45) is 0 Å². The highest BCUT2D eigenvalue weighted by molar-refractivity contribution is 7.80. The number of carbonyl (C=O) groups is 1. The first-order valence-corrected chi connectivity index (χ1v) is 10.8. The van der Waals surface area contributed by atoms with Crippen LogP contribution in [-0.2, 0) is 6.42 Å². The monoisotopic (exact) mass is 447 g/mol. The normalized spacial score (nSPS) is 10.8. The van der Waals surface area contributed by atoms with Crippen LogP contribution >= 0.6 is 12.2 Å². The molecule has 1 aromatic heterocycles. The van der Waals surface area contributed by atoms with Crippen LogP contribution in [0.2, 0.25) is 0 Å². The first-order valence-electron chi connectivity index (χ1n) is 10.4. The van der Waals surface area contributed by atoms with Gasteiger partial charge in [-0.2, -0.15) is 4.80 Å². The van der Waals surface area contributed by atoms with Gasteiger partial charge in [-0.15, -0.1) is 10.2 Å². The number of benzene rings is 3. The Morgan fingerprint density at radius 2 is 1.78 bits per heavy atom. The van der Waals surface area contributed by atoms with Crippen LogP contribution in [0.1, 0.15) is 35.7 Å². The van der Waals surface area contributed by atoms with E-state index in [0.717, 1.165) is 17.6 Å². The molecule has 4 rings (SSSR count). The highest BCUT2D eigenvalue weighted by atomic mass is 32.1. The summed E-state index contributed by atoms with van der Waals surface area (Å²) in [5.41, 5.74) is 4.14. The molecule has 0 saturated heterocycles. The Kier molecular flexibility index (Phi) is 6.51. The number of nitrogens with zero attached hydrogens (tertiary/aromatic N) is 3. The summed E-state index contributed by atoms with van der Waals surface area (Å²) in [5, 5.41) is 14.6. The summed E-state index contributed by atoms with van der Waals surface area (Å²) in [5.74, 6) is -1.22. The van der Waals surface area contributed by atoms with Gasteiger partial charge < -0.3 is 5.32 Å². The fourth-order valence-corrected chi connectivity index (χ4v) is 3.47. The summed E-state index contributed by atoms with van der Waals surface area (Å²) >= 11 is 5.20. The van der Waals surface area contributed by atoms with Crippen molar-refractivity contribution in [2.45, 2.75) is 26.2 Å². The van der Waals surface area contributed by atoms with E-state index in [1.165, 1.54) is 36.6 Å². The van der Waals surface area contributed by atoms with Crippen molar-refractivity contribution in [1.29, 1.82) is 0 Å². The molecule has 162 valence electrons. The Hall–Kier alpha value is -3.65. The van der Waals surface area contributed by atoms with Gasteiger partial charge in [-0.25, -0.2) is 4.39 Å². The van der Waals surface area contributed by atoms with Crippen LogP contribution in [0.25, 0.3) is 16.7 Å². The van der Waals surface area contributed by atoms with E-state index in [2.05, 4.69) is 39.9 Å². The van der Waals surface area contributed by atoms with Crippen molar-refractivity contribution >= 4 is 40.0 Å². The number of aromatic nitrogens is 3. The van der Waals surface area contributed by atoms with E-state index in [9.17, 15) is 9.18 Å². The quantitative estimate of drug-likeness (QED) is 0.406. The van der Waals surface area contributed by atoms with Crippen LogP contribution in [0, 0.1) is 5.82 Å². The van der Waals surface area contributed by atoms with Gasteiger partial charge in [-0.3, -0.25) is 10.1 Å². The molecule has 0 bridgehead atoms. The van der Waals surface area contributed by atoms with Gasteiger partial charge in [0, 0.05) is 5.69 Å². The molecule has 0 saturated carbocycles. The van der Waals surface area contributed by atoms with E-state index >= 15 is 0 Å². The summed E-state index contributed by atoms with van der Waals surface area (Å²) < 4.78 is 13.8. The number of carbonyl (C=O) groups excluding carboxylic acids is 1. The zero-order valence-electron chi connectivity index (χ0n) is 17.5. The molecule has 6 nitrogen and oxygen atoms in total. The first-order chi connectivity index (χ1) is 15.5. The average molecular weight is 448 g/mol. The minimum atomic E-state index is -0.616. The summed E-state index contributed by atoms with van der Waals surface area (Å²) in [6.07, 6.45) is 3.40. The van der Waals surface area contributed by atoms with Gasteiger partial charge in [0.2, 0.25) is 0 Å². The van der Waals surface area contributed by atoms with Crippen molar-refractivity contribution in [3.8, 4) is 5.69 Å². The molecule has 3 aromatic carbocycles. The van der Waals surface area contributed by atoms with Gasteiger partial charge in [0.1, 0.15) is 16.9 Å². The minimum Gasteiger partial charge on any atom is -0.332 e. The number of hydrogen-bond acceptors (Lipinski definition) is 4. The lowest BCUT2D eigenvalue weighted by Crippen LogP contribution is -2.34. The zero-order chi connectivity index (χ0) is 22.5. The molecular weight excluding hydrogens is 425 g/mol. The SMILES string of the molecule is CCCCc1ccc(-n2nc3ccc(NC(=S)NC(=O)c4ccccc4F)cc3n2)cc1. The number of unbranched alkanes of at least 4 members (excludes halogenated alkanes) is 1. The number of halogens is 1. The molecule has 4 aromatic rings. The number of amides is 1. The van der Waals surface area contributed by atoms with E-state index in [1.54, 1.807) is 23.0 Å². The summed E-state index contributed by atoms with van der Waals surface area (Å²) in [4.78, 5) is 13.8. The van der Waals surface area contributed by atoms with Gasteiger partial charge >= 0.3 is 0 Å². The Balaban J connectivity index is 1.45. The van der Waals surface area contributed by atoms with Crippen molar-refractivity contribution in [1.82, 2.24) is 20.3 Å². The number of fused-ring (bicyclic) bond motifs is 1. The summed E-state index contributed by atoms with van der Waals surface area (Å²) in [6, 6.07) is 19.3. The molecule has 0 atom stereocenters. The van der Waals surface area contributed by atoms with Crippen molar-refractivity contribution in [2.75, 3.05) is 5.32 Å². The molecule has 0 unspecified atom stereocenters. The predicted molar refractivity (Wildman–Crippen MR) is 128 cm³/mol. The summed E-state index contributed by atoms with van der Waals surface area (Å²) in [6.45, 7) is 2.18. The molecule has 0 aliphatic rings. The van der Waals surface area contributed by atoms with Gasteiger partial charge in [0.25, 0.3) is 5.91 Å². The second kappa shape index (κ2) is 9.65. The molecule has 1 heterocycles. The molecule has 32 heavy (non-hydrogen) atoms. The van der Waals surface area contributed by atoms with E-state index in [-0.39, 0.29) is 10.7 Å². The topological polar surface area (TPSA) is 71.8 Å². The molecule has 2 N–H and O–H groups in total. The highest BCUT2D eigenvalue weighted by Crippen LogP contribution is 2.18. The third-order valence-electron chi connectivity index (χ3n) is 4.97. The van der Waals surface area contributed by atoms with Crippen molar-refractivity contribution in [3.05, 3.63) is 83.7 Å². The number of nitrogens with one attached hydrogen (secondary N) is 2. The molecule has 0 spiro atoms. The average Bonchev–Trinajstić information content (AvgIpc) is 3.21. The molecule has 1 amide bonds. The van der Waals surface area contributed by atoms with E-state index < -0.39 is 11.7 Å². The molecule has 8 heteroatoms. The molecule has 0 aliphatic heterocycles. The molecule has 0 radical (unpaired) electrons. The number of thiocarbonyl (C=S) groups is 1. The second-order valence-corrected chi connectivity index (χ2v) is 7.76. The largest absolute Gasteiger partial charge is 0.332 e. The summed E-state index contributed by atoms with van der Waals surface area (Å²) in [7, 11) is 0. The Bertz CT molecular complexity index is 1270. The maximum Gasteiger partial charge on any atom is 0.260 e. The molecule has 0 fully saturated rings. The smallest absolute Gasteiger partial charge is 0.260 e. The van der Waals surface area contributed by atoms with Crippen LogP contribution in [0.3, 0.4) is 0 Å². The third kappa shape index (κ3) is 4.97. The first kappa shape index (κ1) is 21.6. The van der Waals surface area contributed by atoms with Crippen LogP contribution in [-0.4, -0.2) is 26.0 Å². The number of aryl methyl sites for hydroxylation is 1. The second-order valence-electron chi connectivity index (χ2n) is 7.35. The lowest BCUT2D eigenvalue weighted by molar-refractivity contribution is 0.0974. The number of anilines is 1. The lowest BCUT2D eigenvalue weighted by atomic mass is 10.1.